The predicted molar refractivity (Wildman–Crippen MR) is 117 cm³/mol. The van der Waals surface area contributed by atoms with Gasteiger partial charge in [0.1, 0.15) is 0 Å². The largest absolute Gasteiger partial charge is 0.493 e. The lowest BCUT2D eigenvalue weighted by Gasteiger charge is -2.12. The van der Waals surface area contributed by atoms with Gasteiger partial charge in [-0.05, 0) is 43.2 Å². The molecule has 9 heteroatoms. The van der Waals surface area contributed by atoms with Crippen LogP contribution in [0.15, 0.2) is 42.5 Å². The van der Waals surface area contributed by atoms with Crippen LogP contribution in [0.3, 0.4) is 0 Å². The highest BCUT2D eigenvalue weighted by Crippen LogP contribution is 2.28. The summed E-state index contributed by atoms with van der Waals surface area (Å²) in [5.41, 5.74) is 8.11. The number of ether oxygens (including phenoxy) is 3. The standard InChI is InChI=1S/C22H25N5O4/c1-4-14-8-6-7-9-16(14)24-22-26-19(25-21(23)27-22)13-31-20(28)15-10-11-17(30-5-2)18(12-15)29-3/h6-12H,4-5,13H2,1-3H3,(H3,23,24,25,26,27). The maximum atomic E-state index is 12.5. The third kappa shape index (κ3) is 5.59. The smallest absolute Gasteiger partial charge is 0.338 e. The van der Waals surface area contributed by atoms with Gasteiger partial charge in [0, 0.05) is 5.69 Å². The zero-order valence-corrected chi connectivity index (χ0v) is 17.7. The van der Waals surface area contributed by atoms with E-state index in [-0.39, 0.29) is 24.3 Å². The number of carbonyl (C=O) groups excluding carboxylic acids is 1. The highest BCUT2D eigenvalue weighted by Gasteiger charge is 2.14. The maximum Gasteiger partial charge on any atom is 0.338 e. The summed E-state index contributed by atoms with van der Waals surface area (Å²) in [5, 5.41) is 3.14. The first-order valence-electron chi connectivity index (χ1n) is 9.87. The van der Waals surface area contributed by atoms with Crippen LogP contribution >= 0.6 is 0 Å². The molecule has 3 aromatic rings. The summed E-state index contributed by atoms with van der Waals surface area (Å²) in [6, 6.07) is 12.6. The number of esters is 1. The van der Waals surface area contributed by atoms with Crippen LogP contribution in [0.4, 0.5) is 17.6 Å². The number of aryl methyl sites for hydroxylation is 1. The van der Waals surface area contributed by atoms with Crippen molar-refractivity contribution in [2.45, 2.75) is 26.9 Å². The summed E-state index contributed by atoms with van der Waals surface area (Å²) < 4.78 is 16.1. The molecule has 3 rings (SSSR count). The van der Waals surface area contributed by atoms with E-state index in [1.165, 1.54) is 7.11 Å². The van der Waals surface area contributed by atoms with Crippen LogP contribution in [0, 0.1) is 0 Å². The van der Waals surface area contributed by atoms with Crippen molar-refractivity contribution in [2.24, 2.45) is 0 Å². The second-order valence-corrected chi connectivity index (χ2v) is 6.44. The number of rotatable bonds is 9. The molecule has 0 spiro atoms. The minimum absolute atomic E-state index is 0.0280. The van der Waals surface area contributed by atoms with Crippen molar-refractivity contribution in [1.82, 2.24) is 15.0 Å². The number of aromatic nitrogens is 3. The molecule has 0 bridgehead atoms. The van der Waals surface area contributed by atoms with Gasteiger partial charge in [0.05, 0.1) is 19.3 Å². The lowest BCUT2D eigenvalue weighted by Crippen LogP contribution is -2.11. The van der Waals surface area contributed by atoms with Crippen LogP contribution < -0.4 is 20.5 Å². The quantitative estimate of drug-likeness (QED) is 0.498. The van der Waals surface area contributed by atoms with Gasteiger partial charge in [0.25, 0.3) is 0 Å². The SMILES string of the molecule is CCOc1ccc(C(=O)OCc2nc(N)nc(Nc3ccccc3CC)n2)cc1OC. The predicted octanol–water partition coefficient (Wildman–Crippen LogP) is 3.52. The maximum absolute atomic E-state index is 12.5. The van der Waals surface area contributed by atoms with Gasteiger partial charge in [-0.3, -0.25) is 0 Å². The number of carbonyl (C=O) groups is 1. The second kappa shape index (κ2) is 10.2. The number of para-hydroxylation sites is 1. The zero-order valence-electron chi connectivity index (χ0n) is 17.7. The summed E-state index contributed by atoms with van der Waals surface area (Å²) >= 11 is 0. The third-order valence-corrected chi connectivity index (χ3v) is 4.38. The number of methoxy groups -OCH3 is 1. The number of nitrogens with zero attached hydrogens (tertiary/aromatic N) is 3. The van der Waals surface area contributed by atoms with Crippen molar-refractivity contribution in [3.8, 4) is 11.5 Å². The molecule has 3 N–H and O–H groups in total. The molecule has 0 aliphatic rings. The monoisotopic (exact) mass is 423 g/mol. The average molecular weight is 423 g/mol. The van der Waals surface area contributed by atoms with Gasteiger partial charge in [-0.2, -0.15) is 15.0 Å². The number of benzene rings is 2. The zero-order chi connectivity index (χ0) is 22.2. The fourth-order valence-electron chi connectivity index (χ4n) is 2.91. The van der Waals surface area contributed by atoms with Crippen LogP contribution in [-0.4, -0.2) is 34.6 Å². The Hall–Kier alpha value is -3.88. The van der Waals surface area contributed by atoms with Gasteiger partial charge in [-0.25, -0.2) is 4.79 Å². The van der Waals surface area contributed by atoms with E-state index in [0.29, 0.717) is 23.7 Å². The Labute approximate surface area is 180 Å². The first-order chi connectivity index (χ1) is 15.0. The highest BCUT2D eigenvalue weighted by atomic mass is 16.5. The first-order valence-corrected chi connectivity index (χ1v) is 9.87. The highest BCUT2D eigenvalue weighted by molar-refractivity contribution is 5.90. The minimum Gasteiger partial charge on any atom is -0.493 e. The Morgan fingerprint density at radius 1 is 1.06 bits per heavy atom. The molecular weight excluding hydrogens is 398 g/mol. The van der Waals surface area contributed by atoms with Crippen LogP contribution in [-0.2, 0) is 17.8 Å². The van der Waals surface area contributed by atoms with Crippen molar-refractivity contribution < 1.29 is 19.0 Å². The second-order valence-electron chi connectivity index (χ2n) is 6.44. The molecule has 2 aromatic carbocycles. The lowest BCUT2D eigenvalue weighted by molar-refractivity contribution is 0.0461. The first kappa shape index (κ1) is 21.8. The Bertz CT molecular complexity index is 1060. The molecule has 0 fully saturated rings. The summed E-state index contributed by atoms with van der Waals surface area (Å²) in [4.78, 5) is 24.9. The number of hydrogen-bond acceptors (Lipinski definition) is 9. The van der Waals surface area contributed by atoms with Gasteiger partial charge in [0.2, 0.25) is 11.9 Å². The fraction of sp³-hybridized carbons (Fsp3) is 0.273. The van der Waals surface area contributed by atoms with Crippen LogP contribution in [0.1, 0.15) is 35.6 Å². The number of nitrogens with one attached hydrogen (secondary N) is 1. The summed E-state index contributed by atoms with van der Waals surface area (Å²) in [6.07, 6.45) is 0.847. The Morgan fingerprint density at radius 3 is 2.61 bits per heavy atom. The third-order valence-electron chi connectivity index (χ3n) is 4.38. The average Bonchev–Trinajstić information content (AvgIpc) is 2.78. The normalized spacial score (nSPS) is 10.4. The fourth-order valence-corrected chi connectivity index (χ4v) is 2.91. The molecule has 0 amide bonds. The van der Waals surface area contributed by atoms with Gasteiger partial charge < -0.3 is 25.3 Å². The number of nitrogens with two attached hydrogens (primary N) is 1. The molecule has 9 nitrogen and oxygen atoms in total. The van der Waals surface area contributed by atoms with E-state index in [9.17, 15) is 4.79 Å². The van der Waals surface area contributed by atoms with Crippen molar-refractivity contribution >= 4 is 23.6 Å². The number of nitrogen functional groups attached to an aromatic ring is 1. The van der Waals surface area contributed by atoms with Crippen molar-refractivity contribution in [2.75, 3.05) is 24.8 Å². The van der Waals surface area contributed by atoms with E-state index in [1.807, 2.05) is 31.2 Å². The molecule has 1 aromatic heterocycles. The van der Waals surface area contributed by atoms with Gasteiger partial charge in [0.15, 0.2) is 23.9 Å². The van der Waals surface area contributed by atoms with Gasteiger partial charge in [-0.15, -0.1) is 0 Å². The molecule has 162 valence electrons. The van der Waals surface area contributed by atoms with E-state index in [1.54, 1.807) is 18.2 Å². The van der Waals surface area contributed by atoms with E-state index in [2.05, 4.69) is 27.2 Å². The Kier molecular flexibility index (Phi) is 7.21. The van der Waals surface area contributed by atoms with Crippen LogP contribution in [0.25, 0.3) is 0 Å². The van der Waals surface area contributed by atoms with E-state index < -0.39 is 5.97 Å². The van der Waals surface area contributed by atoms with Crippen molar-refractivity contribution in [1.29, 1.82) is 0 Å². The summed E-state index contributed by atoms with van der Waals surface area (Å²) in [7, 11) is 1.51. The van der Waals surface area contributed by atoms with E-state index >= 15 is 0 Å². The molecule has 1 heterocycles. The summed E-state index contributed by atoms with van der Waals surface area (Å²) in [5.74, 6) is 0.987. The van der Waals surface area contributed by atoms with E-state index in [4.69, 9.17) is 19.9 Å². The molecule has 0 aliphatic carbocycles. The topological polar surface area (TPSA) is 121 Å². The molecule has 0 radical (unpaired) electrons. The molecule has 0 unspecified atom stereocenters. The molecule has 0 atom stereocenters. The van der Waals surface area contributed by atoms with Crippen molar-refractivity contribution in [3.63, 3.8) is 0 Å². The Morgan fingerprint density at radius 2 is 1.87 bits per heavy atom. The van der Waals surface area contributed by atoms with Crippen LogP contribution in [0.2, 0.25) is 0 Å². The lowest BCUT2D eigenvalue weighted by atomic mass is 10.1. The van der Waals surface area contributed by atoms with Gasteiger partial charge >= 0.3 is 5.97 Å². The molecule has 0 aliphatic heterocycles. The van der Waals surface area contributed by atoms with Crippen LogP contribution in [0.5, 0.6) is 11.5 Å². The Balaban J connectivity index is 1.71. The summed E-state index contributed by atoms with van der Waals surface area (Å²) in [6.45, 7) is 4.25. The number of anilines is 3. The van der Waals surface area contributed by atoms with Crippen molar-refractivity contribution in [3.05, 3.63) is 59.4 Å². The molecule has 0 saturated heterocycles. The number of hydrogen-bond donors (Lipinski definition) is 2. The van der Waals surface area contributed by atoms with Gasteiger partial charge in [-0.1, -0.05) is 25.1 Å². The van der Waals surface area contributed by atoms with E-state index in [0.717, 1.165) is 17.7 Å². The molecule has 31 heavy (non-hydrogen) atoms. The molecular formula is C22H25N5O4. The molecule has 0 saturated carbocycles. The minimum atomic E-state index is -0.550.